The lowest BCUT2D eigenvalue weighted by Crippen LogP contribution is -1.83. The number of thiophene rings is 1. The molecule has 6 nitrogen and oxygen atoms in total. The number of pyridine rings is 3. The molecule has 138 valence electrons. The van der Waals surface area contributed by atoms with Crippen molar-refractivity contribution in [2.24, 2.45) is 0 Å². The molecule has 6 aromatic heterocycles. The van der Waals surface area contributed by atoms with E-state index in [4.69, 9.17) is 0 Å². The lowest BCUT2D eigenvalue weighted by atomic mass is 10.1. The van der Waals surface area contributed by atoms with E-state index < -0.39 is 0 Å². The van der Waals surface area contributed by atoms with Gasteiger partial charge in [-0.1, -0.05) is 6.07 Å². The maximum atomic E-state index is 4.52. The lowest BCUT2D eigenvalue weighted by molar-refractivity contribution is 1.10. The fourth-order valence-corrected chi connectivity index (χ4v) is 4.29. The smallest absolute Gasteiger partial charge is 0.181 e. The van der Waals surface area contributed by atoms with Crippen molar-refractivity contribution in [2.45, 2.75) is 0 Å². The summed E-state index contributed by atoms with van der Waals surface area (Å²) in [6, 6.07) is 10.3. The van der Waals surface area contributed by atoms with Crippen LogP contribution in [0.3, 0.4) is 0 Å². The van der Waals surface area contributed by atoms with Gasteiger partial charge in [0.2, 0.25) is 0 Å². The number of H-pyrrole nitrogens is 2. The first kappa shape index (κ1) is 16.1. The molecule has 0 aliphatic rings. The Bertz CT molecular complexity index is 1450. The molecule has 0 aliphatic carbocycles. The van der Waals surface area contributed by atoms with Gasteiger partial charge in [0, 0.05) is 52.3 Å². The summed E-state index contributed by atoms with van der Waals surface area (Å²) >= 11 is 1.68. The van der Waals surface area contributed by atoms with Gasteiger partial charge in [0.25, 0.3) is 0 Å². The predicted molar refractivity (Wildman–Crippen MR) is 116 cm³/mol. The van der Waals surface area contributed by atoms with Crippen molar-refractivity contribution in [1.29, 1.82) is 0 Å². The number of nitrogens with one attached hydrogen (secondary N) is 2. The highest BCUT2D eigenvalue weighted by Crippen LogP contribution is 2.34. The molecule has 0 unspecified atom stereocenters. The fourth-order valence-electron chi connectivity index (χ4n) is 3.63. The third-order valence-corrected chi connectivity index (χ3v) is 5.73. The molecule has 6 heterocycles. The maximum Gasteiger partial charge on any atom is 0.181 e. The van der Waals surface area contributed by atoms with Crippen LogP contribution < -0.4 is 0 Å². The Balaban J connectivity index is 1.53. The van der Waals surface area contributed by atoms with Crippen LogP contribution in [0.15, 0.2) is 72.1 Å². The summed E-state index contributed by atoms with van der Waals surface area (Å²) in [5.41, 5.74) is 7.85. The third-order valence-electron chi connectivity index (χ3n) is 5.05. The summed E-state index contributed by atoms with van der Waals surface area (Å²) in [7, 11) is 0. The van der Waals surface area contributed by atoms with Gasteiger partial charge in [-0.2, -0.15) is 16.4 Å². The molecule has 0 saturated heterocycles. The van der Waals surface area contributed by atoms with E-state index in [2.05, 4.69) is 59.1 Å². The molecule has 0 aliphatic heterocycles. The van der Waals surface area contributed by atoms with Crippen LogP contribution in [0.1, 0.15) is 0 Å². The molecule has 6 aromatic rings. The first-order chi connectivity index (χ1) is 14.4. The van der Waals surface area contributed by atoms with Gasteiger partial charge in [-0.25, -0.2) is 4.98 Å². The Morgan fingerprint density at radius 1 is 0.862 bits per heavy atom. The molecule has 0 atom stereocenters. The molecule has 0 bridgehead atoms. The SMILES string of the molecule is c1cncc(-c2cnc3n[nH]c(-c4cc5c(-c6ccsc6)cncc5[nH]4)c3c2)c1. The molecule has 0 aromatic carbocycles. The Kier molecular flexibility index (Phi) is 3.54. The lowest BCUT2D eigenvalue weighted by Gasteiger charge is -2.01. The van der Waals surface area contributed by atoms with Gasteiger partial charge in [0.15, 0.2) is 5.65 Å². The molecule has 6 rings (SSSR count). The zero-order valence-corrected chi connectivity index (χ0v) is 15.9. The van der Waals surface area contributed by atoms with Gasteiger partial charge >= 0.3 is 0 Å². The normalized spacial score (nSPS) is 11.4. The standard InChI is InChI=1S/C22H14N6S/c1-2-13(8-23-4-1)15-6-17-21(27-28-22(17)25-9-15)19-7-16-18(14-3-5-29-12-14)10-24-11-20(16)26-19/h1-12,26H,(H,25,27,28). The van der Waals surface area contributed by atoms with E-state index >= 15 is 0 Å². The second-order valence-electron chi connectivity index (χ2n) is 6.78. The highest BCUT2D eigenvalue weighted by molar-refractivity contribution is 7.08. The van der Waals surface area contributed by atoms with Crippen LogP contribution in [-0.2, 0) is 0 Å². The van der Waals surface area contributed by atoms with E-state index in [1.54, 1.807) is 17.5 Å². The summed E-state index contributed by atoms with van der Waals surface area (Å²) in [5, 5.41) is 13.8. The number of nitrogens with zero attached hydrogens (tertiary/aromatic N) is 4. The van der Waals surface area contributed by atoms with E-state index in [9.17, 15) is 0 Å². The van der Waals surface area contributed by atoms with E-state index in [0.29, 0.717) is 5.65 Å². The minimum atomic E-state index is 0.683. The first-order valence-corrected chi connectivity index (χ1v) is 10.1. The minimum absolute atomic E-state index is 0.683. The number of rotatable bonds is 3. The van der Waals surface area contributed by atoms with Crippen molar-refractivity contribution < 1.29 is 0 Å². The maximum absolute atomic E-state index is 4.52. The van der Waals surface area contributed by atoms with Gasteiger partial charge in [-0.05, 0) is 40.6 Å². The average molecular weight is 394 g/mol. The Morgan fingerprint density at radius 2 is 1.86 bits per heavy atom. The Hall–Kier alpha value is -3.84. The van der Waals surface area contributed by atoms with Gasteiger partial charge in [0.1, 0.15) is 0 Å². The average Bonchev–Trinajstić information content (AvgIpc) is 3.52. The summed E-state index contributed by atoms with van der Waals surface area (Å²) in [6.07, 6.45) is 9.20. The van der Waals surface area contributed by atoms with Crippen LogP contribution in [0.2, 0.25) is 0 Å². The molecular formula is C22H14N6S. The van der Waals surface area contributed by atoms with Gasteiger partial charge in [-0.15, -0.1) is 0 Å². The fraction of sp³-hybridized carbons (Fsp3) is 0. The third kappa shape index (κ3) is 2.63. The van der Waals surface area contributed by atoms with Crippen molar-refractivity contribution in [3.8, 4) is 33.6 Å². The molecule has 0 radical (unpaired) electrons. The molecule has 2 N–H and O–H groups in total. The summed E-state index contributed by atoms with van der Waals surface area (Å²) in [6.45, 7) is 0. The summed E-state index contributed by atoms with van der Waals surface area (Å²) in [4.78, 5) is 16.6. The summed E-state index contributed by atoms with van der Waals surface area (Å²) < 4.78 is 0. The number of fused-ring (bicyclic) bond motifs is 2. The number of hydrogen-bond acceptors (Lipinski definition) is 5. The van der Waals surface area contributed by atoms with Gasteiger partial charge < -0.3 is 4.98 Å². The molecule has 7 heteroatoms. The Morgan fingerprint density at radius 3 is 2.72 bits per heavy atom. The highest BCUT2D eigenvalue weighted by atomic mass is 32.1. The summed E-state index contributed by atoms with van der Waals surface area (Å²) in [5.74, 6) is 0. The van der Waals surface area contributed by atoms with Crippen molar-refractivity contribution in [3.63, 3.8) is 0 Å². The highest BCUT2D eigenvalue weighted by Gasteiger charge is 2.15. The van der Waals surface area contributed by atoms with E-state index in [0.717, 1.165) is 44.4 Å². The van der Waals surface area contributed by atoms with E-state index in [-0.39, 0.29) is 0 Å². The first-order valence-electron chi connectivity index (χ1n) is 9.11. The molecule has 0 amide bonds. The zero-order chi connectivity index (χ0) is 19.2. The van der Waals surface area contributed by atoms with Crippen LogP contribution in [0, 0.1) is 0 Å². The van der Waals surface area contributed by atoms with Crippen molar-refractivity contribution in [1.82, 2.24) is 30.1 Å². The monoisotopic (exact) mass is 394 g/mol. The zero-order valence-electron chi connectivity index (χ0n) is 15.1. The quantitative estimate of drug-likeness (QED) is 0.427. The number of aromatic amines is 2. The van der Waals surface area contributed by atoms with E-state index in [1.807, 2.05) is 36.9 Å². The van der Waals surface area contributed by atoms with Crippen molar-refractivity contribution in [2.75, 3.05) is 0 Å². The van der Waals surface area contributed by atoms with Crippen LogP contribution in [0.4, 0.5) is 0 Å². The van der Waals surface area contributed by atoms with Crippen molar-refractivity contribution in [3.05, 3.63) is 72.1 Å². The van der Waals surface area contributed by atoms with Crippen LogP contribution in [-0.4, -0.2) is 30.1 Å². The topological polar surface area (TPSA) is 83.1 Å². The molecule has 0 fully saturated rings. The predicted octanol–water partition coefficient (Wildman–Crippen LogP) is 5.29. The van der Waals surface area contributed by atoms with Crippen LogP contribution in [0.25, 0.3) is 55.6 Å². The second kappa shape index (κ2) is 6.35. The number of aromatic nitrogens is 6. The Labute approximate surface area is 169 Å². The number of hydrogen-bond donors (Lipinski definition) is 2. The second-order valence-corrected chi connectivity index (χ2v) is 7.56. The molecular weight excluding hydrogens is 380 g/mol. The van der Waals surface area contributed by atoms with Crippen LogP contribution in [0.5, 0.6) is 0 Å². The van der Waals surface area contributed by atoms with Gasteiger partial charge in [-0.3, -0.25) is 15.1 Å². The minimum Gasteiger partial charge on any atom is -0.352 e. The van der Waals surface area contributed by atoms with Crippen LogP contribution >= 0.6 is 11.3 Å². The molecule has 0 saturated carbocycles. The largest absolute Gasteiger partial charge is 0.352 e. The molecule has 29 heavy (non-hydrogen) atoms. The van der Waals surface area contributed by atoms with Gasteiger partial charge in [0.05, 0.1) is 23.1 Å². The van der Waals surface area contributed by atoms with E-state index in [1.165, 1.54) is 5.56 Å². The van der Waals surface area contributed by atoms with Crippen molar-refractivity contribution >= 4 is 33.3 Å². The molecule has 0 spiro atoms.